The van der Waals surface area contributed by atoms with Gasteiger partial charge in [-0.25, -0.2) is 0 Å². The largest absolute Gasteiger partial charge is 2.00 e. The molecule has 0 atom stereocenters. The first-order valence-electron chi connectivity index (χ1n) is 1.37. The quantitative estimate of drug-likeness (QED) is 0.240. The second-order valence-corrected chi connectivity index (χ2v) is 2.57. The fourth-order valence-electron chi connectivity index (χ4n) is 0. The van der Waals surface area contributed by atoms with E-state index in [0.717, 1.165) is 0 Å². The number of rotatable bonds is 0. The van der Waals surface area contributed by atoms with Crippen molar-refractivity contribution in [2.45, 2.75) is 0 Å². The maximum atomic E-state index is 8.74. The van der Waals surface area contributed by atoms with Crippen LogP contribution in [0.25, 0.3) is 0 Å². The summed E-state index contributed by atoms with van der Waals surface area (Å²) in [7, 11) is -9.83. The van der Waals surface area contributed by atoms with E-state index >= 15 is 0 Å². The summed E-state index contributed by atoms with van der Waals surface area (Å²) < 4.78 is 65.7. The van der Waals surface area contributed by atoms with Crippen molar-refractivity contribution >= 4 is 20.8 Å². The van der Waals surface area contributed by atoms with Crippen LogP contribution < -0.4 is 0 Å². The molecular formula is H12CuO13S2. The minimum absolute atomic E-state index is 0. The van der Waals surface area contributed by atoms with E-state index in [1.54, 1.807) is 0 Å². The van der Waals surface area contributed by atoms with Crippen LogP contribution in [0.3, 0.4) is 0 Å². The summed E-state index contributed by atoms with van der Waals surface area (Å²) in [6.07, 6.45) is 0. The van der Waals surface area contributed by atoms with Crippen molar-refractivity contribution in [3.63, 3.8) is 0 Å². The van der Waals surface area contributed by atoms with Gasteiger partial charge in [-0.15, -0.1) is 0 Å². The standard InChI is InChI=1S/Cu.2H2O4S.5H2O/c;2*1-5(2,3)4;;;;;/h;2*(H2,1,2,3,4);5*1H2/q+2;;;;;;;/p-2. The van der Waals surface area contributed by atoms with Gasteiger partial charge in [0.25, 0.3) is 0 Å². The van der Waals surface area contributed by atoms with Gasteiger partial charge in [0.05, 0.1) is 0 Å². The molecule has 0 aromatic carbocycles. The van der Waals surface area contributed by atoms with E-state index < -0.39 is 20.8 Å². The molecule has 0 unspecified atom stereocenters. The fraction of sp³-hybridized carbons (Fsp3) is 0. The van der Waals surface area contributed by atoms with Gasteiger partial charge in [-0.3, -0.25) is 17.5 Å². The first-order valence-corrected chi connectivity index (χ1v) is 4.10. The van der Waals surface area contributed by atoms with Crippen molar-refractivity contribution in [3.05, 3.63) is 0 Å². The summed E-state index contributed by atoms with van der Waals surface area (Å²) in [5, 5.41) is 0. The second kappa shape index (κ2) is 20.5. The molecule has 0 aliphatic rings. The molecule has 0 spiro atoms. The Labute approximate surface area is 101 Å². The first kappa shape index (κ1) is 56.1. The summed E-state index contributed by atoms with van der Waals surface area (Å²) in [5.41, 5.74) is 0. The van der Waals surface area contributed by atoms with Gasteiger partial charge in [0.1, 0.15) is 0 Å². The zero-order valence-electron chi connectivity index (χ0n) is 6.96. The molecule has 113 valence electrons. The molecule has 12 N–H and O–H groups in total. The van der Waals surface area contributed by atoms with E-state index in [9.17, 15) is 0 Å². The molecule has 16 heteroatoms. The van der Waals surface area contributed by atoms with Crippen molar-refractivity contribution in [1.29, 1.82) is 0 Å². The van der Waals surface area contributed by atoms with Gasteiger partial charge >= 0.3 is 27.5 Å². The predicted molar refractivity (Wildman–Crippen MR) is 42.7 cm³/mol. The Morgan fingerprint density at radius 3 is 0.688 bits per heavy atom. The maximum absolute atomic E-state index is 8.74. The molecule has 0 amide bonds. The number of hydrogen-bond donors (Lipinski definition) is 2. The van der Waals surface area contributed by atoms with Gasteiger partial charge in [-0.2, -0.15) is 8.42 Å². The van der Waals surface area contributed by atoms with Gasteiger partial charge in [0, 0.05) is 10.4 Å². The van der Waals surface area contributed by atoms with Gasteiger partial charge in [-0.05, 0) is 0 Å². The average molecular weight is 348 g/mol. The summed E-state index contributed by atoms with van der Waals surface area (Å²) in [4.78, 5) is 0. The van der Waals surface area contributed by atoms with Crippen molar-refractivity contribution in [2.75, 3.05) is 0 Å². The summed E-state index contributed by atoms with van der Waals surface area (Å²) in [6.45, 7) is 0. The summed E-state index contributed by atoms with van der Waals surface area (Å²) in [6, 6.07) is 0. The molecule has 0 saturated carbocycles. The third-order valence-electron chi connectivity index (χ3n) is 0. The van der Waals surface area contributed by atoms with Crippen LogP contribution in [0.15, 0.2) is 0 Å². The zero-order valence-corrected chi connectivity index (χ0v) is 9.54. The minimum Gasteiger partial charge on any atom is -0.759 e. The third kappa shape index (κ3) is 678000. The Balaban J connectivity index is -0.00000000970. The van der Waals surface area contributed by atoms with E-state index in [4.69, 9.17) is 35.0 Å². The van der Waals surface area contributed by atoms with E-state index in [1.165, 1.54) is 0 Å². The van der Waals surface area contributed by atoms with Gasteiger partial charge in [0.2, 0.25) is 0 Å². The molecule has 0 heterocycles. The fourth-order valence-corrected chi connectivity index (χ4v) is 0. The van der Waals surface area contributed by atoms with Gasteiger partial charge in [0.15, 0.2) is 0 Å². The van der Waals surface area contributed by atoms with Crippen LogP contribution in [0, 0.1) is 0 Å². The molecule has 16 heavy (non-hydrogen) atoms. The van der Waals surface area contributed by atoms with Gasteiger partial charge in [-0.1, -0.05) is 0 Å². The smallest absolute Gasteiger partial charge is 0.759 e. The van der Waals surface area contributed by atoms with Crippen LogP contribution in [0.5, 0.6) is 0 Å². The van der Waals surface area contributed by atoms with Crippen LogP contribution >= 0.6 is 0 Å². The van der Waals surface area contributed by atoms with Crippen molar-refractivity contribution in [2.24, 2.45) is 0 Å². The molecule has 0 bridgehead atoms. The Kier molecular flexibility index (Phi) is 71.7. The van der Waals surface area contributed by atoms with Crippen molar-refractivity contribution in [3.8, 4) is 0 Å². The van der Waals surface area contributed by atoms with Crippen molar-refractivity contribution < 1.29 is 79.5 Å². The maximum Gasteiger partial charge on any atom is 2.00 e. The Morgan fingerprint density at radius 1 is 0.688 bits per heavy atom. The normalized spacial score (nSPS) is 7.25. The minimum atomic E-state index is -5.17. The number of hydrogen-bond acceptors (Lipinski definition) is 6. The zero-order chi connectivity index (χ0) is 9.00. The van der Waals surface area contributed by atoms with Crippen LogP contribution in [0.1, 0.15) is 0 Å². The molecule has 0 rings (SSSR count). The molecule has 0 saturated heterocycles. The molecule has 0 aliphatic carbocycles. The van der Waals surface area contributed by atoms with E-state index in [2.05, 4.69) is 0 Å². The van der Waals surface area contributed by atoms with E-state index in [1.807, 2.05) is 0 Å². The second-order valence-electron chi connectivity index (χ2n) is 0.856. The Bertz CT molecular complexity index is 210. The van der Waals surface area contributed by atoms with E-state index in [-0.39, 0.29) is 44.4 Å². The van der Waals surface area contributed by atoms with E-state index in [0.29, 0.717) is 0 Å². The van der Waals surface area contributed by atoms with Crippen LogP contribution in [-0.4, -0.2) is 62.4 Å². The average Bonchev–Trinajstić information content (AvgIpc) is 1.12. The first-order chi connectivity index (χ1) is 4.00. The topological polar surface area (TPSA) is 312 Å². The molecule has 0 fully saturated rings. The monoisotopic (exact) mass is 347 g/mol. The Morgan fingerprint density at radius 2 is 0.688 bits per heavy atom. The molecule has 0 aromatic heterocycles. The Hall–Kier alpha value is 0.0595. The molecule has 1 radical (unpaired) electrons. The summed E-state index contributed by atoms with van der Waals surface area (Å²) in [5.74, 6) is 0. The SMILES string of the molecule is O.O.O.O.O.O=S(=O)(O)O.O=S(=O)([O-])[O-].[Cu+2]. The molecule has 0 aliphatic heterocycles. The third-order valence-corrected chi connectivity index (χ3v) is 0. The molecule has 13 nitrogen and oxygen atoms in total. The molecule has 0 aromatic rings. The molecular weight excluding hydrogens is 336 g/mol. The van der Waals surface area contributed by atoms with Crippen molar-refractivity contribution in [1.82, 2.24) is 0 Å². The summed E-state index contributed by atoms with van der Waals surface area (Å²) >= 11 is 0. The van der Waals surface area contributed by atoms with Crippen LogP contribution in [0.4, 0.5) is 0 Å². The predicted octanol–water partition coefficient (Wildman–Crippen LogP) is -6.12. The van der Waals surface area contributed by atoms with Crippen LogP contribution in [0.2, 0.25) is 0 Å². The van der Waals surface area contributed by atoms with Gasteiger partial charge < -0.3 is 36.5 Å². The van der Waals surface area contributed by atoms with Crippen LogP contribution in [-0.2, 0) is 37.9 Å².